The number of anilines is 1. The highest BCUT2D eigenvalue weighted by Gasteiger charge is 2.30. The number of aromatic nitrogens is 1. The van der Waals surface area contributed by atoms with Crippen LogP contribution in [-0.2, 0) is 6.18 Å². The second-order valence-corrected chi connectivity index (χ2v) is 5.35. The average Bonchev–Trinajstić information content (AvgIpc) is 2.59. The molecule has 0 aliphatic carbocycles. The fourth-order valence-corrected chi connectivity index (χ4v) is 2.18. The SMILES string of the molecule is CN(C[C@H](O)COc1ccc(C(F)(F)F)cc1)c1ncccc1C#N. The summed E-state index contributed by atoms with van der Waals surface area (Å²) in [6, 6.07) is 9.51. The van der Waals surface area contributed by atoms with Gasteiger partial charge in [0.15, 0.2) is 0 Å². The maximum absolute atomic E-state index is 12.5. The van der Waals surface area contributed by atoms with Crippen molar-refractivity contribution in [3.63, 3.8) is 0 Å². The summed E-state index contributed by atoms with van der Waals surface area (Å²) in [7, 11) is 1.67. The van der Waals surface area contributed by atoms with Crippen LogP contribution in [0.4, 0.5) is 19.0 Å². The number of hydrogen-bond acceptors (Lipinski definition) is 5. The molecule has 0 amide bonds. The van der Waals surface area contributed by atoms with Crippen molar-refractivity contribution in [1.29, 1.82) is 5.26 Å². The molecule has 1 atom stereocenters. The lowest BCUT2D eigenvalue weighted by Crippen LogP contribution is -2.33. The van der Waals surface area contributed by atoms with Crippen LogP contribution in [0.15, 0.2) is 42.6 Å². The smallest absolute Gasteiger partial charge is 0.416 e. The summed E-state index contributed by atoms with van der Waals surface area (Å²) in [5.74, 6) is 0.656. The largest absolute Gasteiger partial charge is 0.491 e. The summed E-state index contributed by atoms with van der Waals surface area (Å²) in [5.41, 5.74) is -0.389. The van der Waals surface area contributed by atoms with Crippen molar-refractivity contribution in [3.8, 4) is 11.8 Å². The minimum absolute atomic E-state index is 0.107. The van der Waals surface area contributed by atoms with Crippen LogP contribution in [0.2, 0.25) is 0 Å². The maximum atomic E-state index is 12.5. The van der Waals surface area contributed by atoms with Gasteiger partial charge in [0, 0.05) is 19.8 Å². The van der Waals surface area contributed by atoms with Crippen LogP contribution in [0.5, 0.6) is 5.75 Å². The topological polar surface area (TPSA) is 69.4 Å². The zero-order chi connectivity index (χ0) is 18.4. The minimum Gasteiger partial charge on any atom is -0.491 e. The second-order valence-electron chi connectivity index (χ2n) is 5.35. The van der Waals surface area contributed by atoms with Crippen LogP contribution in [-0.4, -0.2) is 36.4 Å². The highest BCUT2D eigenvalue weighted by molar-refractivity contribution is 5.52. The highest BCUT2D eigenvalue weighted by Crippen LogP contribution is 2.30. The van der Waals surface area contributed by atoms with E-state index in [1.807, 2.05) is 6.07 Å². The molecule has 5 nitrogen and oxygen atoms in total. The lowest BCUT2D eigenvalue weighted by molar-refractivity contribution is -0.137. The number of benzene rings is 1. The summed E-state index contributed by atoms with van der Waals surface area (Å²) in [4.78, 5) is 5.71. The van der Waals surface area contributed by atoms with E-state index in [0.29, 0.717) is 11.4 Å². The first-order valence-corrected chi connectivity index (χ1v) is 7.35. The molecule has 1 N–H and O–H groups in total. The van der Waals surface area contributed by atoms with Crippen molar-refractivity contribution in [1.82, 2.24) is 4.98 Å². The molecule has 1 aromatic carbocycles. The first kappa shape index (κ1) is 18.5. The van der Waals surface area contributed by atoms with Crippen molar-refractivity contribution in [2.45, 2.75) is 12.3 Å². The first-order chi connectivity index (χ1) is 11.8. The van der Waals surface area contributed by atoms with Gasteiger partial charge in [-0.05, 0) is 36.4 Å². The van der Waals surface area contributed by atoms with Gasteiger partial charge in [-0.2, -0.15) is 18.4 Å². The Bertz CT molecular complexity index is 742. The van der Waals surface area contributed by atoms with Gasteiger partial charge in [-0.15, -0.1) is 0 Å². The Morgan fingerprint density at radius 2 is 1.96 bits per heavy atom. The molecule has 1 aromatic heterocycles. The Hall–Kier alpha value is -2.79. The number of pyridine rings is 1. The third-order valence-corrected chi connectivity index (χ3v) is 3.38. The van der Waals surface area contributed by atoms with Crippen molar-refractivity contribution in [2.24, 2.45) is 0 Å². The van der Waals surface area contributed by atoms with Crippen LogP contribution in [0.25, 0.3) is 0 Å². The number of aliphatic hydroxyl groups is 1. The van der Waals surface area contributed by atoms with Crippen LogP contribution >= 0.6 is 0 Å². The Labute approximate surface area is 142 Å². The Balaban J connectivity index is 1.90. The zero-order valence-corrected chi connectivity index (χ0v) is 13.4. The summed E-state index contributed by atoms with van der Waals surface area (Å²) in [5, 5.41) is 19.1. The van der Waals surface area contributed by atoms with E-state index in [9.17, 15) is 18.3 Å². The van der Waals surface area contributed by atoms with Gasteiger partial charge in [-0.25, -0.2) is 4.98 Å². The van der Waals surface area contributed by atoms with E-state index in [0.717, 1.165) is 12.1 Å². The number of alkyl halides is 3. The molecular formula is C17H16F3N3O2. The quantitative estimate of drug-likeness (QED) is 0.867. The molecule has 0 unspecified atom stereocenters. The van der Waals surface area contributed by atoms with Gasteiger partial charge in [0.1, 0.15) is 30.3 Å². The molecule has 0 bridgehead atoms. The molecule has 132 valence electrons. The molecule has 0 spiro atoms. The number of nitrogens with zero attached hydrogens (tertiary/aromatic N) is 3. The predicted molar refractivity (Wildman–Crippen MR) is 85.2 cm³/mol. The number of nitriles is 1. The summed E-state index contributed by atoms with van der Waals surface area (Å²) in [6.07, 6.45) is -3.78. The molecule has 0 aliphatic rings. The number of hydrogen-bond donors (Lipinski definition) is 1. The van der Waals surface area contributed by atoms with Crippen LogP contribution in [0.3, 0.4) is 0 Å². The fraction of sp³-hybridized carbons (Fsp3) is 0.294. The normalized spacial score (nSPS) is 12.3. The molecule has 0 fully saturated rings. The third-order valence-electron chi connectivity index (χ3n) is 3.38. The maximum Gasteiger partial charge on any atom is 0.416 e. The minimum atomic E-state index is -4.40. The van der Waals surface area contributed by atoms with E-state index in [4.69, 9.17) is 10.00 Å². The number of aliphatic hydroxyl groups excluding tert-OH is 1. The predicted octanol–water partition coefficient (Wildman–Crippen LogP) is 2.85. The summed E-state index contributed by atoms with van der Waals surface area (Å²) < 4.78 is 42.8. The number of rotatable bonds is 6. The lowest BCUT2D eigenvalue weighted by Gasteiger charge is -2.22. The fourth-order valence-electron chi connectivity index (χ4n) is 2.18. The average molecular weight is 351 g/mol. The van der Waals surface area contributed by atoms with Crippen molar-refractivity contribution in [2.75, 3.05) is 25.1 Å². The van der Waals surface area contributed by atoms with Crippen LogP contribution < -0.4 is 9.64 Å². The lowest BCUT2D eigenvalue weighted by atomic mass is 10.2. The molecular weight excluding hydrogens is 335 g/mol. The van der Waals surface area contributed by atoms with E-state index in [1.165, 1.54) is 18.3 Å². The molecule has 25 heavy (non-hydrogen) atoms. The van der Waals surface area contributed by atoms with E-state index in [1.54, 1.807) is 24.1 Å². The van der Waals surface area contributed by atoms with Crippen molar-refractivity contribution >= 4 is 5.82 Å². The monoisotopic (exact) mass is 351 g/mol. The molecule has 2 aromatic rings. The van der Waals surface area contributed by atoms with Gasteiger partial charge < -0.3 is 14.7 Å². The van der Waals surface area contributed by atoms with E-state index >= 15 is 0 Å². The van der Waals surface area contributed by atoms with Gasteiger partial charge in [0.2, 0.25) is 0 Å². The second kappa shape index (κ2) is 7.85. The van der Waals surface area contributed by atoms with Crippen molar-refractivity contribution < 1.29 is 23.0 Å². The van der Waals surface area contributed by atoms with Gasteiger partial charge in [-0.1, -0.05) is 0 Å². The Kier molecular flexibility index (Phi) is 5.83. The number of ether oxygens (including phenoxy) is 1. The standard InChI is InChI=1S/C17H16F3N3O2/c1-23(16-12(9-21)3-2-8-22-16)10-14(24)11-25-15-6-4-13(5-7-15)17(18,19)20/h2-8,14,24H,10-11H2,1H3/t14-/m0/s1. The Morgan fingerprint density at radius 3 is 2.56 bits per heavy atom. The highest BCUT2D eigenvalue weighted by atomic mass is 19.4. The van der Waals surface area contributed by atoms with E-state index < -0.39 is 17.8 Å². The molecule has 1 heterocycles. The third kappa shape index (κ3) is 5.09. The molecule has 0 saturated heterocycles. The van der Waals surface area contributed by atoms with Gasteiger partial charge in [-0.3, -0.25) is 0 Å². The Morgan fingerprint density at radius 1 is 1.28 bits per heavy atom. The molecule has 0 aliphatic heterocycles. The van der Waals surface area contributed by atoms with E-state index in [2.05, 4.69) is 4.98 Å². The molecule has 8 heteroatoms. The van der Waals surface area contributed by atoms with Crippen LogP contribution in [0, 0.1) is 11.3 Å². The molecule has 0 saturated carbocycles. The molecule has 0 radical (unpaired) electrons. The number of likely N-dealkylation sites (N-methyl/N-ethyl adjacent to an activating group) is 1. The first-order valence-electron chi connectivity index (χ1n) is 7.35. The molecule has 2 rings (SSSR count). The van der Waals surface area contributed by atoms with Crippen molar-refractivity contribution in [3.05, 3.63) is 53.7 Å². The van der Waals surface area contributed by atoms with Gasteiger partial charge >= 0.3 is 6.18 Å². The summed E-state index contributed by atoms with van der Waals surface area (Å²) in [6.45, 7) is 0.0384. The van der Waals surface area contributed by atoms with Gasteiger partial charge in [0.05, 0.1) is 11.1 Å². The van der Waals surface area contributed by atoms with E-state index in [-0.39, 0.29) is 18.9 Å². The number of halogens is 3. The van der Waals surface area contributed by atoms with Crippen LogP contribution in [0.1, 0.15) is 11.1 Å². The van der Waals surface area contributed by atoms with Gasteiger partial charge in [0.25, 0.3) is 0 Å². The zero-order valence-electron chi connectivity index (χ0n) is 13.4. The summed E-state index contributed by atoms with van der Waals surface area (Å²) >= 11 is 0.